The number of hydrogen-bond acceptors (Lipinski definition) is 5. The molecule has 1 aliphatic rings. The highest BCUT2D eigenvalue weighted by molar-refractivity contribution is 8.14. The minimum atomic E-state index is -0.577. The van der Waals surface area contributed by atoms with Crippen molar-refractivity contribution in [3.8, 4) is 0 Å². The Morgan fingerprint density at radius 3 is 2.48 bits per heavy atom. The van der Waals surface area contributed by atoms with Gasteiger partial charge < -0.3 is 11.1 Å². The molecule has 8 heteroatoms. The highest BCUT2D eigenvalue weighted by Crippen LogP contribution is 2.21. The number of thioether (sulfide) groups is 1. The van der Waals surface area contributed by atoms with Gasteiger partial charge in [-0.1, -0.05) is 23.9 Å². The van der Waals surface area contributed by atoms with Gasteiger partial charge in [-0.2, -0.15) is 0 Å². The van der Waals surface area contributed by atoms with Crippen molar-refractivity contribution < 1.29 is 14.4 Å². The van der Waals surface area contributed by atoms with E-state index in [4.69, 9.17) is 5.73 Å². The molecule has 0 aliphatic carbocycles. The molecule has 0 bridgehead atoms. The van der Waals surface area contributed by atoms with Gasteiger partial charge in [0.05, 0.1) is 18.3 Å². The van der Waals surface area contributed by atoms with Crippen LogP contribution in [-0.2, 0) is 16.1 Å². The van der Waals surface area contributed by atoms with Gasteiger partial charge in [0.1, 0.15) is 0 Å². The molecule has 2 rings (SSSR count). The lowest BCUT2D eigenvalue weighted by molar-refractivity contribution is -0.125. The van der Waals surface area contributed by atoms with Crippen LogP contribution in [0.1, 0.15) is 12.5 Å². The van der Waals surface area contributed by atoms with Gasteiger partial charge in [-0.15, -0.1) is 12.4 Å². The Labute approximate surface area is 132 Å². The monoisotopic (exact) mass is 329 g/mol. The van der Waals surface area contributed by atoms with E-state index in [1.165, 1.54) is 4.90 Å². The molecule has 0 radical (unpaired) electrons. The van der Waals surface area contributed by atoms with Crippen molar-refractivity contribution in [2.75, 3.05) is 11.1 Å². The third-order valence-corrected chi connectivity index (χ3v) is 3.67. The quantitative estimate of drug-likeness (QED) is 0.875. The molecule has 3 amide bonds. The van der Waals surface area contributed by atoms with Gasteiger partial charge in [0.25, 0.3) is 5.24 Å². The Balaban J connectivity index is 0.00000220. The van der Waals surface area contributed by atoms with E-state index >= 15 is 0 Å². The maximum Gasteiger partial charge on any atom is 0.289 e. The molecule has 1 saturated heterocycles. The van der Waals surface area contributed by atoms with Crippen molar-refractivity contribution in [1.29, 1.82) is 0 Å². The smallest absolute Gasteiger partial charge is 0.289 e. The second kappa shape index (κ2) is 7.44. The van der Waals surface area contributed by atoms with Gasteiger partial charge in [-0.25, -0.2) is 0 Å². The normalized spacial score (nSPS) is 15.6. The molecule has 0 unspecified atom stereocenters. The number of carbonyl (C=O) groups is 3. The average molecular weight is 330 g/mol. The third-order valence-electron chi connectivity index (χ3n) is 2.82. The molecule has 1 aromatic carbocycles. The van der Waals surface area contributed by atoms with Crippen LogP contribution in [0.4, 0.5) is 10.5 Å². The second-order valence-corrected chi connectivity index (χ2v) is 5.44. The van der Waals surface area contributed by atoms with Crippen molar-refractivity contribution in [2.45, 2.75) is 19.5 Å². The predicted octanol–water partition coefficient (Wildman–Crippen LogP) is 1.59. The lowest BCUT2D eigenvalue weighted by Gasteiger charge is -2.13. The van der Waals surface area contributed by atoms with E-state index in [-0.39, 0.29) is 41.8 Å². The minimum Gasteiger partial charge on any atom is -0.325 e. The summed E-state index contributed by atoms with van der Waals surface area (Å²) in [6.45, 7) is 1.86. The Bertz CT molecular complexity index is 532. The number of rotatable bonds is 4. The number of nitrogens with one attached hydrogen (secondary N) is 1. The summed E-state index contributed by atoms with van der Waals surface area (Å²) in [5.74, 6) is -0.227. The Hall–Kier alpha value is -1.57. The highest BCUT2D eigenvalue weighted by atomic mass is 35.5. The minimum absolute atomic E-state index is 0. The summed E-state index contributed by atoms with van der Waals surface area (Å²) in [6, 6.07) is 6.38. The molecule has 1 heterocycles. The maximum atomic E-state index is 11.5. The zero-order valence-electron chi connectivity index (χ0n) is 11.4. The second-order valence-electron chi connectivity index (χ2n) is 4.51. The van der Waals surface area contributed by atoms with E-state index in [1.54, 1.807) is 31.2 Å². The molecule has 1 fully saturated rings. The Morgan fingerprint density at radius 2 is 2.00 bits per heavy atom. The first-order valence-electron chi connectivity index (χ1n) is 6.10. The molecule has 1 aromatic rings. The van der Waals surface area contributed by atoms with E-state index in [0.29, 0.717) is 5.69 Å². The fraction of sp³-hybridized carbons (Fsp3) is 0.308. The number of nitrogens with zero attached hydrogens (tertiary/aromatic N) is 1. The van der Waals surface area contributed by atoms with Crippen molar-refractivity contribution in [3.05, 3.63) is 29.8 Å². The number of carbonyl (C=O) groups excluding carboxylic acids is 3. The van der Waals surface area contributed by atoms with Gasteiger partial charge in [0.15, 0.2) is 0 Å². The van der Waals surface area contributed by atoms with Crippen LogP contribution in [0.3, 0.4) is 0 Å². The number of hydrogen-bond donors (Lipinski definition) is 2. The summed E-state index contributed by atoms with van der Waals surface area (Å²) in [7, 11) is 0. The molecular formula is C13H16ClN3O3S. The highest BCUT2D eigenvalue weighted by Gasteiger charge is 2.29. The lowest BCUT2D eigenvalue weighted by Crippen LogP contribution is -2.32. The van der Waals surface area contributed by atoms with E-state index < -0.39 is 6.04 Å². The van der Waals surface area contributed by atoms with Crippen molar-refractivity contribution >= 4 is 46.9 Å². The predicted molar refractivity (Wildman–Crippen MR) is 84.4 cm³/mol. The molecule has 114 valence electrons. The number of nitrogens with two attached hydrogens (primary N) is 1. The largest absolute Gasteiger partial charge is 0.325 e. The van der Waals surface area contributed by atoms with Gasteiger partial charge in [0.2, 0.25) is 11.8 Å². The summed E-state index contributed by atoms with van der Waals surface area (Å²) in [4.78, 5) is 35.6. The van der Waals surface area contributed by atoms with Crippen LogP contribution in [-0.4, -0.2) is 33.7 Å². The number of anilines is 1. The summed E-state index contributed by atoms with van der Waals surface area (Å²) in [5, 5.41) is 2.45. The number of amides is 3. The van der Waals surface area contributed by atoms with Crippen molar-refractivity contribution in [3.63, 3.8) is 0 Å². The number of halogens is 1. The average Bonchev–Trinajstić information content (AvgIpc) is 2.72. The molecule has 21 heavy (non-hydrogen) atoms. The molecule has 0 aromatic heterocycles. The molecular weight excluding hydrogens is 314 g/mol. The standard InChI is InChI=1S/C13H15N3O3S.ClH/c1-8(14)12(18)15-10-4-2-9(3-5-10)6-16-11(17)7-20-13(16)19;/h2-5,8H,6-7,14H2,1H3,(H,15,18);1H/t8-;/m0./s1. The van der Waals surface area contributed by atoms with Crippen LogP contribution in [0, 0.1) is 0 Å². The number of benzene rings is 1. The molecule has 1 atom stereocenters. The van der Waals surface area contributed by atoms with Crippen LogP contribution in [0.5, 0.6) is 0 Å². The van der Waals surface area contributed by atoms with Crippen LogP contribution in [0.2, 0.25) is 0 Å². The van der Waals surface area contributed by atoms with E-state index in [9.17, 15) is 14.4 Å². The fourth-order valence-corrected chi connectivity index (χ4v) is 2.39. The van der Waals surface area contributed by atoms with E-state index in [1.807, 2.05) is 0 Å². The first kappa shape index (κ1) is 17.5. The van der Waals surface area contributed by atoms with E-state index in [0.717, 1.165) is 17.3 Å². The maximum absolute atomic E-state index is 11.5. The zero-order valence-corrected chi connectivity index (χ0v) is 13.0. The third kappa shape index (κ3) is 4.45. The number of imide groups is 1. The van der Waals surface area contributed by atoms with E-state index in [2.05, 4.69) is 5.32 Å². The van der Waals surface area contributed by atoms with Gasteiger partial charge in [0, 0.05) is 5.69 Å². The first-order valence-corrected chi connectivity index (χ1v) is 7.08. The van der Waals surface area contributed by atoms with Gasteiger partial charge in [-0.05, 0) is 24.6 Å². The summed E-state index contributed by atoms with van der Waals surface area (Å²) in [5.41, 5.74) is 6.91. The summed E-state index contributed by atoms with van der Waals surface area (Å²) in [6.07, 6.45) is 0. The van der Waals surface area contributed by atoms with Gasteiger partial charge >= 0.3 is 0 Å². The first-order chi connectivity index (χ1) is 9.47. The van der Waals surface area contributed by atoms with Crippen LogP contribution >= 0.6 is 24.2 Å². The summed E-state index contributed by atoms with van der Waals surface area (Å²) < 4.78 is 0. The lowest BCUT2D eigenvalue weighted by atomic mass is 10.2. The fourth-order valence-electron chi connectivity index (χ4n) is 1.67. The molecule has 0 spiro atoms. The van der Waals surface area contributed by atoms with Crippen LogP contribution in [0.25, 0.3) is 0 Å². The molecule has 1 aliphatic heterocycles. The zero-order chi connectivity index (χ0) is 14.7. The Kier molecular flexibility index (Phi) is 6.19. The Morgan fingerprint density at radius 1 is 1.38 bits per heavy atom. The van der Waals surface area contributed by atoms with Crippen molar-refractivity contribution in [1.82, 2.24) is 4.90 Å². The van der Waals surface area contributed by atoms with Gasteiger partial charge in [-0.3, -0.25) is 19.3 Å². The summed E-state index contributed by atoms with van der Waals surface area (Å²) >= 11 is 1.01. The molecule has 6 nitrogen and oxygen atoms in total. The topological polar surface area (TPSA) is 92.5 Å². The van der Waals surface area contributed by atoms with Crippen LogP contribution in [0.15, 0.2) is 24.3 Å². The SMILES string of the molecule is C[C@H](N)C(=O)Nc1ccc(CN2C(=O)CSC2=O)cc1.Cl. The van der Waals surface area contributed by atoms with Crippen molar-refractivity contribution in [2.24, 2.45) is 5.73 Å². The molecule has 0 saturated carbocycles. The van der Waals surface area contributed by atoms with Crippen LogP contribution < -0.4 is 11.1 Å². The molecule has 3 N–H and O–H groups in total.